The monoisotopic (exact) mass is 298 g/mol. The van der Waals surface area contributed by atoms with Crippen LogP contribution in [-0.2, 0) is 10.0 Å². The summed E-state index contributed by atoms with van der Waals surface area (Å²) in [7, 11) is -4.09. The number of rotatable bonds is 2. The number of nitrogens with one attached hydrogen (secondary N) is 3. The number of pyridine rings is 1. The molecule has 0 bridgehead atoms. The molecule has 0 aliphatic rings. The second-order valence-corrected chi connectivity index (χ2v) is 5.59. The lowest BCUT2D eigenvalue weighted by Gasteiger charge is -2.09. The molecule has 0 saturated heterocycles. The first-order chi connectivity index (χ1) is 8.79. The lowest BCUT2D eigenvalue weighted by molar-refractivity contribution is 0.596. The Hall–Kier alpha value is -1.90. The summed E-state index contributed by atoms with van der Waals surface area (Å²) in [6.07, 6.45) is 1.37. The Balaban J connectivity index is 2.77. The smallest absolute Gasteiger partial charge is 0.254 e. The molecule has 0 spiro atoms. The van der Waals surface area contributed by atoms with Crippen LogP contribution in [0, 0.1) is 5.41 Å². The van der Waals surface area contributed by atoms with Gasteiger partial charge in [-0.3, -0.25) is 5.41 Å². The summed E-state index contributed by atoms with van der Waals surface area (Å²) < 4.78 is 22.4. The van der Waals surface area contributed by atoms with Crippen LogP contribution in [-0.4, -0.2) is 19.4 Å². The summed E-state index contributed by atoms with van der Waals surface area (Å²) in [6.45, 7) is 0. The molecule has 2 rings (SSSR count). The van der Waals surface area contributed by atoms with Gasteiger partial charge in [0.15, 0.2) is 5.96 Å². The number of aromatic nitrogens is 1. The molecule has 0 amide bonds. The molecule has 0 aliphatic carbocycles. The van der Waals surface area contributed by atoms with Crippen molar-refractivity contribution in [2.45, 2.75) is 4.90 Å². The molecule has 1 heterocycles. The van der Waals surface area contributed by atoms with E-state index in [1.54, 1.807) is 0 Å². The highest BCUT2D eigenvalue weighted by molar-refractivity contribution is 7.88. The van der Waals surface area contributed by atoms with E-state index < -0.39 is 10.0 Å². The standard InChI is InChI=1S/C10H9ClN5O2S/c11-8-4-15-9(16-10(12)13)7-3-5(19(14,17)18)1-2-6(7)8/h1-4,14H,(H4,12,13,15,16). The molecule has 0 saturated carbocycles. The van der Waals surface area contributed by atoms with Crippen LogP contribution in [0.25, 0.3) is 10.8 Å². The summed E-state index contributed by atoms with van der Waals surface area (Å²) in [5.74, 6) is -0.132. The van der Waals surface area contributed by atoms with Gasteiger partial charge in [-0.25, -0.2) is 13.4 Å². The summed E-state index contributed by atoms with van der Waals surface area (Å²) in [6, 6.07) is 4.03. The maximum atomic E-state index is 11.2. The van der Waals surface area contributed by atoms with Gasteiger partial charge in [0.05, 0.1) is 9.92 Å². The zero-order valence-electron chi connectivity index (χ0n) is 9.44. The lowest BCUT2D eigenvalue weighted by Crippen LogP contribution is -2.21. The van der Waals surface area contributed by atoms with Crippen LogP contribution in [0.4, 0.5) is 5.82 Å². The van der Waals surface area contributed by atoms with Crippen LogP contribution < -0.4 is 16.2 Å². The molecule has 1 aromatic carbocycles. The average molecular weight is 299 g/mol. The van der Waals surface area contributed by atoms with E-state index in [1.165, 1.54) is 24.4 Å². The van der Waals surface area contributed by atoms with Gasteiger partial charge in [0.1, 0.15) is 5.82 Å². The lowest BCUT2D eigenvalue weighted by atomic mass is 10.1. The van der Waals surface area contributed by atoms with Crippen LogP contribution >= 0.6 is 11.6 Å². The molecule has 7 nitrogen and oxygen atoms in total. The molecule has 2 aromatic rings. The molecule has 19 heavy (non-hydrogen) atoms. The third-order valence-electron chi connectivity index (χ3n) is 2.37. The van der Waals surface area contributed by atoms with E-state index in [-0.39, 0.29) is 16.7 Å². The number of hydrogen-bond donors (Lipinski definition) is 3. The minimum atomic E-state index is -4.09. The van der Waals surface area contributed by atoms with Gasteiger partial charge in [-0.2, -0.15) is 0 Å². The van der Waals surface area contributed by atoms with Crippen molar-refractivity contribution in [2.75, 3.05) is 5.32 Å². The Bertz CT molecular complexity index is 775. The molecule has 0 aliphatic heterocycles. The molecule has 5 N–H and O–H groups in total. The average Bonchev–Trinajstić information content (AvgIpc) is 2.31. The fraction of sp³-hybridized carbons (Fsp3) is 0. The number of benzene rings is 1. The number of fused-ring (bicyclic) bond motifs is 1. The second kappa shape index (κ2) is 4.65. The zero-order chi connectivity index (χ0) is 14.2. The molecule has 0 atom stereocenters. The number of anilines is 1. The maximum Gasteiger partial charge on any atom is 0.254 e. The zero-order valence-corrected chi connectivity index (χ0v) is 11.0. The van der Waals surface area contributed by atoms with Crippen molar-refractivity contribution in [3.05, 3.63) is 29.4 Å². The number of sulfonamides is 1. The van der Waals surface area contributed by atoms with Crippen molar-refractivity contribution in [1.29, 1.82) is 5.41 Å². The molecule has 1 radical (unpaired) electrons. The molecule has 99 valence electrons. The van der Waals surface area contributed by atoms with Gasteiger partial charge in [-0.15, -0.1) is 5.14 Å². The number of hydrogen-bond acceptors (Lipinski definition) is 4. The van der Waals surface area contributed by atoms with Crippen molar-refractivity contribution >= 4 is 44.2 Å². The first kappa shape index (κ1) is 13.5. The van der Waals surface area contributed by atoms with Gasteiger partial charge in [0, 0.05) is 17.0 Å². The molecule has 9 heteroatoms. The fourth-order valence-corrected chi connectivity index (χ4v) is 2.32. The van der Waals surface area contributed by atoms with E-state index in [1.807, 2.05) is 0 Å². The normalized spacial score (nSPS) is 11.5. The number of halogens is 1. The van der Waals surface area contributed by atoms with Crippen molar-refractivity contribution < 1.29 is 8.42 Å². The van der Waals surface area contributed by atoms with E-state index in [9.17, 15) is 8.42 Å². The van der Waals surface area contributed by atoms with Gasteiger partial charge < -0.3 is 11.1 Å². The molecular formula is C10H9ClN5O2S. The van der Waals surface area contributed by atoms with Gasteiger partial charge in [-0.1, -0.05) is 17.7 Å². The highest BCUT2D eigenvalue weighted by atomic mass is 35.5. The van der Waals surface area contributed by atoms with Crippen LogP contribution in [0.15, 0.2) is 29.3 Å². The third kappa shape index (κ3) is 2.75. The topological polar surface area (TPSA) is 133 Å². The van der Waals surface area contributed by atoms with Crippen LogP contribution in [0.3, 0.4) is 0 Å². The highest BCUT2D eigenvalue weighted by Crippen LogP contribution is 2.29. The van der Waals surface area contributed by atoms with Crippen LogP contribution in [0.5, 0.6) is 0 Å². The van der Waals surface area contributed by atoms with E-state index >= 15 is 0 Å². The maximum absolute atomic E-state index is 11.2. The molecule has 0 unspecified atom stereocenters. The fourth-order valence-electron chi connectivity index (χ4n) is 1.58. The summed E-state index contributed by atoms with van der Waals surface area (Å²) in [5.41, 5.74) is 5.22. The van der Waals surface area contributed by atoms with Gasteiger partial charge in [0.2, 0.25) is 0 Å². The molecule has 1 aromatic heterocycles. The summed E-state index contributed by atoms with van der Waals surface area (Å²) in [5, 5.41) is 18.0. The van der Waals surface area contributed by atoms with Crippen LogP contribution in [0.2, 0.25) is 5.02 Å². The van der Waals surface area contributed by atoms with Gasteiger partial charge in [-0.05, 0) is 12.1 Å². The van der Waals surface area contributed by atoms with Crippen molar-refractivity contribution in [2.24, 2.45) is 5.73 Å². The predicted molar refractivity (Wildman–Crippen MR) is 72.6 cm³/mol. The third-order valence-corrected chi connectivity index (χ3v) is 3.55. The Morgan fingerprint density at radius 1 is 1.37 bits per heavy atom. The van der Waals surface area contributed by atoms with Crippen molar-refractivity contribution in [1.82, 2.24) is 10.1 Å². The Labute approximate surface area is 114 Å². The number of nitrogens with zero attached hydrogens (tertiary/aromatic N) is 1. The minimum absolute atomic E-state index is 0.185. The van der Waals surface area contributed by atoms with Gasteiger partial charge >= 0.3 is 0 Å². The SMILES string of the molecule is [NH]S(=O)(=O)c1ccc2c(Cl)cnc(NC(=N)N)c2c1. The van der Waals surface area contributed by atoms with E-state index in [4.69, 9.17) is 27.9 Å². The minimum Gasteiger partial charge on any atom is -0.370 e. The quantitative estimate of drug-likeness (QED) is 0.565. The van der Waals surface area contributed by atoms with E-state index in [0.717, 1.165) is 0 Å². The molecule has 0 fully saturated rings. The Morgan fingerprint density at radius 3 is 2.63 bits per heavy atom. The summed E-state index contributed by atoms with van der Waals surface area (Å²) >= 11 is 5.96. The Morgan fingerprint density at radius 2 is 2.05 bits per heavy atom. The first-order valence-corrected chi connectivity index (χ1v) is 6.84. The van der Waals surface area contributed by atoms with E-state index in [0.29, 0.717) is 15.8 Å². The van der Waals surface area contributed by atoms with E-state index in [2.05, 4.69) is 10.3 Å². The van der Waals surface area contributed by atoms with Crippen molar-refractivity contribution in [3.8, 4) is 0 Å². The Kier molecular flexibility index (Phi) is 3.31. The first-order valence-electron chi connectivity index (χ1n) is 4.98. The van der Waals surface area contributed by atoms with Crippen LogP contribution in [0.1, 0.15) is 0 Å². The van der Waals surface area contributed by atoms with Gasteiger partial charge in [0.25, 0.3) is 10.0 Å². The highest BCUT2D eigenvalue weighted by Gasteiger charge is 2.13. The molecular weight excluding hydrogens is 290 g/mol. The largest absolute Gasteiger partial charge is 0.370 e. The summed E-state index contributed by atoms with van der Waals surface area (Å²) in [4.78, 5) is 3.77. The van der Waals surface area contributed by atoms with Crippen molar-refractivity contribution in [3.63, 3.8) is 0 Å². The number of guanidine groups is 1. The second-order valence-electron chi connectivity index (χ2n) is 3.70. The number of nitrogens with two attached hydrogens (primary N) is 1. The predicted octanol–water partition coefficient (Wildman–Crippen LogP) is 1.17.